The van der Waals surface area contributed by atoms with E-state index in [4.69, 9.17) is 13.5 Å². The van der Waals surface area contributed by atoms with Gasteiger partial charge in [-0.2, -0.15) is 0 Å². The van der Waals surface area contributed by atoms with Crippen molar-refractivity contribution in [2.45, 2.75) is 20.0 Å². The van der Waals surface area contributed by atoms with Crippen LogP contribution in [0.25, 0.3) is 11.1 Å². The Morgan fingerprint density at radius 2 is 2.00 bits per heavy atom. The van der Waals surface area contributed by atoms with Gasteiger partial charge in [-0.05, 0) is 26.0 Å². The molecule has 0 N–H and O–H groups in total. The Labute approximate surface area is 110 Å². The minimum Gasteiger partial charge on any atom is -0.440 e. The summed E-state index contributed by atoms with van der Waals surface area (Å²) in [6.07, 6.45) is -0.0645. The fraction of sp³-hybridized carbons (Fsp3) is 0.417. The summed E-state index contributed by atoms with van der Waals surface area (Å²) in [4.78, 5) is 4.08. The molecule has 7 heteroatoms. The maximum atomic E-state index is 13.0. The Bertz CT molecular complexity index is 603. The fourth-order valence-electron chi connectivity index (χ4n) is 1.70. The van der Waals surface area contributed by atoms with E-state index in [1.54, 1.807) is 13.8 Å². The summed E-state index contributed by atoms with van der Waals surface area (Å²) in [7, 11) is -3.26. The van der Waals surface area contributed by atoms with Gasteiger partial charge in [-0.25, -0.2) is 9.37 Å². The molecule has 2 aromatic rings. The van der Waals surface area contributed by atoms with Crippen LogP contribution in [0.1, 0.15) is 19.7 Å². The zero-order valence-corrected chi connectivity index (χ0v) is 11.7. The topological polar surface area (TPSA) is 61.6 Å². The Morgan fingerprint density at radius 1 is 1.32 bits per heavy atom. The van der Waals surface area contributed by atoms with Crippen molar-refractivity contribution in [1.82, 2.24) is 4.98 Å². The van der Waals surface area contributed by atoms with Gasteiger partial charge in [0, 0.05) is 6.07 Å². The van der Waals surface area contributed by atoms with E-state index in [0.717, 1.165) is 0 Å². The molecule has 0 amide bonds. The molecule has 0 saturated heterocycles. The lowest BCUT2D eigenvalue weighted by Crippen LogP contribution is -1.99. The maximum Gasteiger partial charge on any atom is 0.339 e. The SMILES string of the molecule is CCOP(=O)(Cc1nc2cc(F)ccc2o1)OCC. The van der Waals surface area contributed by atoms with Crippen LogP contribution in [0.4, 0.5) is 4.39 Å². The van der Waals surface area contributed by atoms with E-state index in [1.807, 2.05) is 0 Å². The number of benzene rings is 1. The van der Waals surface area contributed by atoms with Crippen molar-refractivity contribution >= 4 is 18.7 Å². The van der Waals surface area contributed by atoms with Gasteiger partial charge in [-0.15, -0.1) is 0 Å². The van der Waals surface area contributed by atoms with E-state index in [9.17, 15) is 8.96 Å². The Kier molecular flexibility index (Phi) is 4.34. The second-order valence-electron chi connectivity index (χ2n) is 3.82. The first-order valence-corrected chi connectivity index (χ1v) is 7.72. The van der Waals surface area contributed by atoms with Gasteiger partial charge in [0.1, 0.15) is 17.5 Å². The van der Waals surface area contributed by atoms with Crippen molar-refractivity contribution in [2.24, 2.45) is 0 Å². The summed E-state index contributed by atoms with van der Waals surface area (Å²) in [5, 5.41) is 0. The van der Waals surface area contributed by atoms with E-state index in [-0.39, 0.29) is 25.3 Å². The Morgan fingerprint density at radius 3 is 2.63 bits per heavy atom. The van der Waals surface area contributed by atoms with Crippen molar-refractivity contribution in [2.75, 3.05) is 13.2 Å². The predicted octanol–water partition coefficient (Wildman–Crippen LogP) is 3.73. The molecule has 0 aliphatic heterocycles. The van der Waals surface area contributed by atoms with Gasteiger partial charge in [0.15, 0.2) is 5.58 Å². The lowest BCUT2D eigenvalue weighted by atomic mass is 10.3. The van der Waals surface area contributed by atoms with Crippen molar-refractivity contribution < 1.29 is 22.4 Å². The van der Waals surface area contributed by atoms with Crippen molar-refractivity contribution in [3.63, 3.8) is 0 Å². The number of nitrogens with zero attached hydrogens (tertiary/aromatic N) is 1. The second kappa shape index (κ2) is 5.82. The van der Waals surface area contributed by atoms with Crippen LogP contribution < -0.4 is 0 Å². The van der Waals surface area contributed by atoms with Crippen LogP contribution in [0.2, 0.25) is 0 Å². The molecule has 0 unspecified atom stereocenters. The summed E-state index contributed by atoms with van der Waals surface area (Å²) >= 11 is 0. The Balaban J connectivity index is 2.26. The van der Waals surface area contributed by atoms with E-state index in [0.29, 0.717) is 11.1 Å². The largest absolute Gasteiger partial charge is 0.440 e. The predicted molar refractivity (Wildman–Crippen MR) is 68.5 cm³/mol. The van der Waals surface area contributed by atoms with E-state index < -0.39 is 13.4 Å². The molecule has 0 spiro atoms. The number of oxazole rings is 1. The van der Waals surface area contributed by atoms with Gasteiger partial charge in [-0.1, -0.05) is 0 Å². The molecule has 1 aromatic carbocycles. The van der Waals surface area contributed by atoms with Gasteiger partial charge in [-0.3, -0.25) is 4.57 Å². The summed E-state index contributed by atoms with van der Waals surface area (Å²) in [6.45, 7) is 4.00. The average molecular weight is 287 g/mol. The van der Waals surface area contributed by atoms with E-state index in [1.165, 1.54) is 18.2 Å². The van der Waals surface area contributed by atoms with Gasteiger partial charge >= 0.3 is 7.60 Å². The highest BCUT2D eigenvalue weighted by molar-refractivity contribution is 7.52. The summed E-state index contributed by atoms with van der Waals surface area (Å²) in [5.74, 6) is -0.184. The normalized spacial score (nSPS) is 12.2. The lowest BCUT2D eigenvalue weighted by molar-refractivity contribution is 0.217. The average Bonchev–Trinajstić information content (AvgIpc) is 2.70. The first-order chi connectivity index (χ1) is 9.06. The minimum absolute atomic E-state index is 0.0645. The smallest absolute Gasteiger partial charge is 0.339 e. The summed E-state index contributed by atoms with van der Waals surface area (Å²) in [6, 6.07) is 4.02. The first-order valence-electron chi connectivity index (χ1n) is 5.99. The van der Waals surface area contributed by atoms with Gasteiger partial charge in [0.2, 0.25) is 5.89 Å². The van der Waals surface area contributed by atoms with Gasteiger partial charge < -0.3 is 13.5 Å². The highest BCUT2D eigenvalue weighted by Crippen LogP contribution is 2.51. The standard InChI is InChI=1S/C12H15FNO4P/c1-3-16-19(15,17-4-2)8-12-14-10-7-9(13)5-6-11(10)18-12/h5-7H,3-4,8H2,1-2H3. The molecular weight excluding hydrogens is 272 g/mol. The molecule has 1 heterocycles. The molecule has 1 aromatic heterocycles. The third-order valence-electron chi connectivity index (χ3n) is 2.37. The summed E-state index contributed by atoms with van der Waals surface area (Å²) < 4.78 is 41.1. The van der Waals surface area contributed by atoms with Crippen LogP contribution in [0.3, 0.4) is 0 Å². The molecule has 2 rings (SSSR count). The zero-order chi connectivity index (χ0) is 13.9. The zero-order valence-electron chi connectivity index (χ0n) is 10.8. The van der Waals surface area contributed by atoms with E-state index in [2.05, 4.69) is 4.98 Å². The number of rotatable bonds is 6. The minimum atomic E-state index is -3.26. The van der Waals surface area contributed by atoms with Crippen LogP contribution in [-0.2, 0) is 19.8 Å². The van der Waals surface area contributed by atoms with Crippen LogP contribution in [0.5, 0.6) is 0 Å². The molecule has 0 aliphatic carbocycles. The second-order valence-corrected chi connectivity index (χ2v) is 5.88. The van der Waals surface area contributed by atoms with Gasteiger partial charge in [0.05, 0.1) is 13.2 Å². The number of halogens is 1. The first kappa shape index (κ1) is 14.2. The molecule has 0 fully saturated rings. The molecule has 0 aliphatic rings. The molecule has 0 saturated carbocycles. The maximum absolute atomic E-state index is 13.0. The van der Waals surface area contributed by atoms with Crippen LogP contribution >= 0.6 is 7.60 Å². The molecule has 5 nitrogen and oxygen atoms in total. The number of hydrogen-bond acceptors (Lipinski definition) is 5. The molecule has 104 valence electrons. The van der Waals surface area contributed by atoms with Crippen molar-refractivity contribution in [3.8, 4) is 0 Å². The highest BCUT2D eigenvalue weighted by Gasteiger charge is 2.27. The lowest BCUT2D eigenvalue weighted by Gasteiger charge is -2.14. The monoisotopic (exact) mass is 287 g/mol. The number of aromatic nitrogens is 1. The molecule has 0 bridgehead atoms. The van der Waals surface area contributed by atoms with Crippen molar-refractivity contribution in [3.05, 3.63) is 29.9 Å². The van der Waals surface area contributed by atoms with Crippen LogP contribution in [-0.4, -0.2) is 18.2 Å². The quantitative estimate of drug-likeness (QED) is 0.757. The summed E-state index contributed by atoms with van der Waals surface area (Å²) in [5.41, 5.74) is 0.825. The third-order valence-corrected chi connectivity index (χ3v) is 4.34. The molecular formula is C12H15FNO4P. The number of fused-ring (bicyclic) bond motifs is 1. The Hall–Kier alpha value is -1.23. The van der Waals surface area contributed by atoms with Crippen molar-refractivity contribution in [1.29, 1.82) is 0 Å². The highest BCUT2D eigenvalue weighted by atomic mass is 31.2. The van der Waals surface area contributed by atoms with E-state index >= 15 is 0 Å². The van der Waals surface area contributed by atoms with Crippen LogP contribution in [0, 0.1) is 5.82 Å². The molecule has 19 heavy (non-hydrogen) atoms. The fourth-order valence-corrected chi connectivity index (χ4v) is 3.21. The van der Waals surface area contributed by atoms with Gasteiger partial charge in [0.25, 0.3) is 0 Å². The van der Waals surface area contributed by atoms with Crippen LogP contribution in [0.15, 0.2) is 22.6 Å². The third kappa shape index (κ3) is 3.41. The molecule has 0 radical (unpaired) electrons. The number of hydrogen-bond donors (Lipinski definition) is 0. The molecule has 0 atom stereocenters.